The van der Waals surface area contributed by atoms with Crippen molar-refractivity contribution >= 4 is 16.9 Å². The molecule has 0 saturated carbocycles. The maximum absolute atomic E-state index is 4.47. The van der Waals surface area contributed by atoms with Crippen molar-refractivity contribution in [3.63, 3.8) is 0 Å². The molecule has 2 heterocycles. The van der Waals surface area contributed by atoms with Crippen LogP contribution < -0.4 is 5.32 Å². The zero-order chi connectivity index (χ0) is 11.5. The van der Waals surface area contributed by atoms with Gasteiger partial charge in [-0.15, -0.1) is 0 Å². The molecule has 0 fully saturated rings. The Labute approximate surface area is 97.9 Å². The Kier molecular flexibility index (Phi) is 2.42. The van der Waals surface area contributed by atoms with Crippen LogP contribution in [0.3, 0.4) is 0 Å². The average molecular weight is 225 g/mol. The average Bonchev–Trinajstić information content (AvgIpc) is 2.89. The Morgan fingerprint density at radius 3 is 2.82 bits per heavy atom. The SMILES string of the molecule is c1ccc2nc(NCc3ccn[nH]3)cnc2c1. The fourth-order valence-corrected chi connectivity index (χ4v) is 1.61. The molecule has 5 heteroatoms. The molecule has 0 aliphatic heterocycles. The van der Waals surface area contributed by atoms with Crippen LogP contribution in [-0.4, -0.2) is 20.2 Å². The van der Waals surface area contributed by atoms with Gasteiger partial charge in [-0.25, -0.2) is 4.98 Å². The number of fused-ring (bicyclic) bond motifs is 1. The van der Waals surface area contributed by atoms with Crippen LogP contribution in [0.15, 0.2) is 42.7 Å². The fourth-order valence-electron chi connectivity index (χ4n) is 1.61. The molecule has 3 rings (SSSR count). The molecule has 0 aliphatic rings. The molecular weight excluding hydrogens is 214 g/mol. The number of H-pyrrole nitrogens is 1. The number of aromatic nitrogens is 4. The number of benzene rings is 1. The summed E-state index contributed by atoms with van der Waals surface area (Å²) in [4.78, 5) is 8.80. The van der Waals surface area contributed by atoms with Crippen molar-refractivity contribution in [3.8, 4) is 0 Å². The lowest BCUT2D eigenvalue weighted by atomic mass is 10.3. The normalized spacial score (nSPS) is 10.6. The third kappa shape index (κ3) is 2.08. The van der Waals surface area contributed by atoms with E-state index in [4.69, 9.17) is 0 Å². The summed E-state index contributed by atoms with van der Waals surface area (Å²) >= 11 is 0. The van der Waals surface area contributed by atoms with Crippen LogP contribution in [0.4, 0.5) is 5.82 Å². The summed E-state index contributed by atoms with van der Waals surface area (Å²) in [6.45, 7) is 0.660. The predicted octanol–water partition coefficient (Wildman–Crippen LogP) is 1.96. The largest absolute Gasteiger partial charge is 0.363 e. The van der Waals surface area contributed by atoms with E-state index in [2.05, 4.69) is 25.5 Å². The number of nitrogens with zero attached hydrogens (tertiary/aromatic N) is 3. The van der Waals surface area contributed by atoms with Crippen LogP contribution in [0.25, 0.3) is 11.0 Å². The van der Waals surface area contributed by atoms with Gasteiger partial charge in [0.1, 0.15) is 5.82 Å². The summed E-state index contributed by atoms with van der Waals surface area (Å²) in [7, 11) is 0. The molecule has 1 aromatic carbocycles. The second-order valence-corrected chi connectivity index (χ2v) is 3.68. The van der Waals surface area contributed by atoms with Gasteiger partial charge in [0.05, 0.1) is 29.5 Å². The maximum atomic E-state index is 4.47. The Balaban J connectivity index is 1.81. The van der Waals surface area contributed by atoms with E-state index >= 15 is 0 Å². The van der Waals surface area contributed by atoms with Crippen molar-refractivity contribution in [2.24, 2.45) is 0 Å². The second kappa shape index (κ2) is 4.21. The van der Waals surface area contributed by atoms with Crippen LogP contribution in [0.2, 0.25) is 0 Å². The van der Waals surface area contributed by atoms with Gasteiger partial charge < -0.3 is 5.32 Å². The van der Waals surface area contributed by atoms with Crippen molar-refractivity contribution in [1.29, 1.82) is 0 Å². The number of nitrogens with one attached hydrogen (secondary N) is 2. The summed E-state index contributed by atoms with van der Waals surface area (Å²) in [6, 6.07) is 9.72. The Hall–Kier alpha value is -2.43. The molecule has 0 spiro atoms. The number of hydrogen-bond acceptors (Lipinski definition) is 4. The Bertz CT molecular complexity index is 618. The molecule has 5 nitrogen and oxygen atoms in total. The molecule has 2 N–H and O–H groups in total. The van der Waals surface area contributed by atoms with E-state index in [9.17, 15) is 0 Å². The third-order valence-electron chi connectivity index (χ3n) is 2.47. The van der Waals surface area contributed by atoms with Gasteiger partial charge in [0.15, 0.2) is 0 Å². The molecule has 17 heavy (non-hydrogen) atoms. The molecular formula is C12H11N5. The number of anilines is 1. The first-order valence-electron chi connectivity index (χ1n) is 5.36. The van der Waals surface area contributed by atoms with E-state index in [1.165, 1.54) is 0 Å². The first kappa shape index (κ1) is 9.77. The summed E-state index contributed by atoms with van der Waals surface area (Å²) in [5, 5.41) is 9.96. The lowest BCUT2D eigenvalue weighted by molar-refractivity contribution is 0.974. The molecule has 0 radical (unpaired) electrons. The van der Waals surface area contributed by atoms with Crippen LogP contribution in [0.1, 0.15) is 5.69 Å². The van der Waals surface area contributed by atoms with E-state index in [0.717, 1.165) is 22.5 Å². The van der Waals surface area contributed by atoms with Gasteiger partial charge in [-0.2, -0.15) is 5.10 Å². The smallest absolute Gasteiger partial charge is 0.145 e. The lowest BCUT2D eigenvalue weighted by Crippen LogP contribution is -2.02. The highest BCUT2D eigenvalue weighted by atomic mass is 15.1. The van der Waals surface area contributed by atoms with Crippen molar-refractivity contribution in [3.05, 3.63) is 48.4 Å². The van der Waals surface area contributed by atoms with Gasteiger partial charge in [-0.05, 0) is 18.2 Å². The van der Waals surface area contributed by atoms with Crippen LogP contribution in [0.5, 0.6) is 0 Å². The van der Waals surface area contributed by atoms with E-state index in [0.29, 0.717) is 6.54 Å². The van der Waals surface area contributed by atoms with Crippen LogP contribution in [0, 0.1) is 0 Å². The third-order valence-corrected chi connectivity index (χ3v) is 2.47. The Morgan fingerprint density at radius 2 is 2.00 bits per heavy atom. The monoisotopic (exact) mass is 225 g/mol. The molecule has 2 aromatic heterocycles. The van der Waals surface area contributed by atoms with Gasteiger partial charge in [-0.3, -0.25) is 10.1 Å². The fraction of sp³-hybridized carbons (Fsp3) is 0.0833. The van der Waals surface area contributed by atoms with Crippen molar-refractivity contribution in [2.75, 3.05) is 5.32 Å². The van der Waals surface area contributed by atoms with E-state index < -0.39 is 0 Å². The van der Waals surface area contributed by atoms with Crippen LogP contribution in [-0.2, 0) is 6.54 Å². The zero-order valence-electron chi connectivity index (χ0n) is 9.09. The van der Waals surface area contributed by atoms with Crippen molar-refractivity contribution in [2.45, 2.75) is 6.54 Å². The van der Waals surface area contributed by atoms with Gasteiger partial charge in [-0.1, -0.05) is 12.1 Å². The van der Waals surface area contributed by atoms with E-state index in [-0.39, 0.29) is 0 Å². The summed E-state index contributed by atoms with van der Waals surface area (Å²) < 4.78 is 0. The summed E-state index contributed by atoms with van der Waals surface area (Å²) in [5.41, 5.74) is 2.81. The van der Waals surface area contributed by atoms with Crippen molar-refractivity contribution in [1.82, 2.24) is 20.2 Å². The molecule has 0 amide bonds. The summed E-state index contributed by atoms with van der Waals surface area (Å²) in [5.74, 6) is 0.762. The maximum Gasteiger partial charge on any atom is 0.145 e. The highest BCUT2D eigenvalue weighted by molar-refractivity contribution is 5.75. The lowest BCUT2D eigenvalue weighted by Gasteiger charge is -2.04. The standard InChI is InChI=1S/C12H11N5/c1-2-4-11-10(3-1)13-8-12(16-11)14-7-9-5-6-15-17-9/h1-6,8H,7H2,(H,14,16)(H,15,17). The second-order valence-electron chi connectivity index (χ2n) is 3.68. The zero-order valence-corrected chi connectivity index (χ0v) is 9.09. The summed E-state index contributed by atoms with van der Waals surface area (Å²) in [6.07, 6.45) is 3.46. The minimum absolute atomic E-state index is 0.660. The molecule has 0 unspecified atom stereocenters. The van der Waals surface area contributed by atoms with Gasteiger partial charge in [0, 0.05) is 6.20 Å². The Morgan fingerprint density at radius 1 is 1.12 bits per heavy atom. The molecule has 3 aromatic rings. The molecule has 84 valence electrons. The minimum Gasteiger partial charge on any atom is -0.363 e. The molecule has 0 atom stereocenters. The first-order chi connectivity index (χ1) is 8.42. The molecule has 0 aliphatic carbocycles. The highest BCUT2D eigenvalue weighted by Gasteiger charge is 1.99. The first-order valence-corrected chi connectivity index (χ1v) is 5.36. The van der Waals surface area contributed by atoms with Gasteiger partial charge >= 0.3 is 0 Å². The topological polar surface area (TPSA) is 66.5 Å². The predicted molar refractivity (Wildman–Crippen MR) is 65.5 cm³/mol. The van der Waals surface area contributed by atoms with Gasteiger partial charge in [0.2, 0.25) is 0 Å². The van der Waals surface area contributed by atoms with E-state index in [1.54, 1.807) is 12.4 Å². The minimum atomic E-state index is 0.660. The van der Waals surface area contributed by atoms with Crippen LogP contribution >= 0.6 is 0 Å². The number of para-hydroxylation sites is 2. The van der Waals surface area contributed by atoms with Crippen molar-refractivity contribution < 1.29 is 0 Å². The number of aromatic amines is 1. The number of rotatable bonds is 3. The number of hydrogen-bond donors (Lipinski definition) is 2. The van der Waals surface area contributed by atoms with Gasteiger partial charge in [0.25, 0.3) is 0 Å². The quantitative estimate of drug-likeness (QED) is 0.715. The molecule has 0 bridgehead atoms. The van der Waals surface area contributed by atoms with E-state index in [1.807, 2.05) is 30.3 Å². The highest BCUT2D eigenvalue weighted by Crippen LogP contribution is 2.11. The molecule has 0 saturated heterocycles.